The highest BCUT2D eigenvalue weighted by atomic mass is 35.5. The first kappa shape index (κ1) is 18.9. The summed E-state index contributed by atoms with van der Waals surface area (Å²) < 4.78 is 0. The molecule has 0 spiro atoms. The molecule has 1 amide bonds. The maximum absolute atomic E-state index is 13.3. The first-order chi connectivity index (χ1) is 13.2. The van der Waals surface area contributed by atoms with Crippen LogP contribution in [0, 0.1) is 12.3 Å². The second kappa shape index (κ2) is 6.89. The number of anilines is 1. The first-order valence-corrected chi connectivity index (χ1v) is 10.0. The standard InChI is InChI=1S/C24H24ClNO2/c1-15-7-9-16(10-8-15)19-12-22(28)26(18-6-4-5-17(25)11-18)20-13-24(2,3)14-21(27)23(19)20/h4-11,19H,12-14H2,1-3H3. The molecule has 0 bridgehead atoms. The van der Waals surface area contributed by atoms with Gasteiger partial charge in [0.15, 0.2) is 5.78 Å². The van der Waals surface area contributed by atoms with E-state index in [-0.39, 0.29) is 23.0 Å². The molecule has 3 nitrogen and oxygen atoms in total. The Morgan fingerprint density at radius 3 is 2.43 bits per heavy atom. The van der Waals surface area contributed by atoms with Gasteiger partial charge in [0.25, 0.3) is 0 Å². The van der Waals surface area contributed by atoms with E-state index in [1.807, 2.05) is 43.3 Å². The molecule has 28 heavy (non-hydrogen) atoms. The number of benzene rings is 2. The molecule has 1 heterocycles. The largest absolute Gasteiger partial charge is 0.294 e. The molecule has 4 heteroatoms. The zero-order valence-corrected chi connectivity index (χ0v) is 17.2. The lowest BCUT2D eigenvalue weighted by Crippen LogP contribution is -2.43. The summed E-state index contributed by atoms with van der Waals surface area (Å²) in [7, 11) is 0. The number of hydrogen-bond acceptors (Lipinski definition) is 2. The van der Waals surface area contributed by atoms with Gasteiger partial charge < -0.3 is 0 Å². The van der Waals surface area contributed by atoms with E-state index < -0.39 is 0 Å². The molecule has 0 saturated carbocycles. The minimum absolute atomic E-state index is 0.0112. The van der Waals surface area contributed by atoms with Crippen LogP contribution in [0.3, 0.4) is 0 Å². The Bertz CT molecular complexity index is 988. The third kappa shape index (κ3) is 3.40. The van der Waals surface area contributed by atoms with Crippen molar-refractivity contribution < 1.29 is 9.59 Å². The van der Waals surface area contributed by atoms with Crippen LogP contribution >= 0.6 is 11.6 Å². The van der Waals surface area contributed by atoms with Crippen LogP contribution in [0.5, 0.6) is 0 Å². The third-order valence-electron chi connectivity index (χ3n) is 5.69. The van der Waals surface area contributed by atoms with Crippen LogP contribution in [-0.4, -0.2) is 11.7 Å². The zero-order chi connectivity index (χ0) is 20.1. The molecule has 1 unspecified atom stereocenters. The van der Waals surface area contributed by atoms with Gasteiger partial charge in [-0.25, -0.2) is 0 Å². The van der Waals surface area contributed by atoms with Crippen LogP contribution in [-0.2, 0) is 9.59 Å². The van der Waals surface area contributed by atoms with Gasteiger partial charge in [-0.3, -0.25) is 14.5 Å². The molecule has 0 fully saturated rings. The number of carbonyl (C=O) groups excluding carboxylic acids is 2. The van der Waals surface area contributed by atoms with Gasteiger partial charge in [-0.05, 0) is 42.5 Å². The lowest BCUT2D eigenvalue weighted by molar-refractivity contribution is -0.121. The Balaban J connectivity index is 1.89. The Labute approximate surface area is 171 Å². The van der Waals surface area contributed by atoms with Gasteiger partial charge in [-0.2, -0.15) is 0 Å². The van der Waals surface area contributed by atoms with Crippen molar-refractivity contribution in [3.05, 3.63) is 76.0 Å². The second-order valence-corrected chi connectivity index (χ2v) is 9.11. The number of amides is 1. The van der Waals surface area contributed by atoms with E-state index in [2.05, 4.69) is 13.8 Å². The number of halogens is 1. The van der Waals surface area contributed by atoms with Crippen molar-refractivity contribution in [2.24, 2.45) is 5.41 Å². The van der Waals surface area contributed by atoms with E-state index in [1.54, 1.807) is 17.0 Å². The van der Waals surface area contributed by atoms with Gasteiger partial charge in [-0.1, -0.05) is 61.3 Å². The molecule has 0 radical (unpaired) electrons. The molecule has 0 aromatic heterocycles. The predicted octanol–water partition coefficient (Wildman–Crippen LogP) is 5.81. The molecule has 1 aliphatic heterocycles. The highest BCUT2D eigenvalue weighted by Crippen LogP contribution is 2.48. The monoisotopic (exact) mass is 393 g/mol. The molecular weight excluding hydrogens is 370 g/mol. The van der Waals surface area contributed by atoms with Crippen molar-refractivity contribution >= 4 is 29.0 Å². The van der Waals surface area contributed by atoms with Gasteiger partial charge in [0.1, 0.15) is 0 Å². The topological polar surface area (TPSA) is 37.4 Å². The van der Waals surface area contributed by atoms with Crippen LogP contribution in [0.4, 0.5) is 5.69 Å². The number of carbonyl (C=O) groups is 2. The molecule has 1 aliphatic carbocycles. The molecule has 2 aromatic carbocycles. The highest BCUT2D eigenvalue weighted by Gasteiger charge is 2.44. The fraction of sp³-hybridized carbons (Fsp3) is 0.333. The molecule has 2 aromatic rings. The van der Waals surface area contributed by atoms with E-state index in [4.69, 9.17) is 11.6 Å². The SMILES string of the molecule is Cc1ccc(C2CC(=O)N(c3cccc(Cl)c3)C3=C2C(=O)CC(C)(C)C3)cc1. The smallest absolute Gasteiger partial charge is 0.232 e. The molecule has 2 aliphatic rings. The summed E-state index contributed by atoms with van der Waals surface area (Å²) in [5.41, 5.74) is 4.38. The number of rotatable bonds is 2. The lowest BCUT2D eigenvalue weighted by Gasteiger charge is -2.43. The van der Waals surface area contributed by atoms with E-state index in [1.165, 1.54) is 0 Å². The van der Waals surface area contributed by atoms with E-state index >= 15 is 0 Å². The lowest BCUT2D eigenvalue weighted by atomic mass is 9.69. The number of aryl methyl sites for hydroxylation is 1. The maximum Gasteiger partial charge on any atom is 0.232 e. The maximum atomic E-state index is 13.3. The normalized spacial score (nSPS) is 21.7. The molecular formula is C24H24ClNO2. The van der Waals surface area contributed by atoms with Crippen molar-refractivity contribution in [1.82, 2.24) is 0 Å². The van der Waals surface area contributed by atoms with Crippen molar-refractivity contribution in [2.75, 3.05) is 4.90 Å². The number of nitrogens with zero attached hydrogens (tertiary/aromatic N) is 1. The van der Waals surface area contributed by atoms with Crippen molar-refractivity contribution in [1.29, 1.82) is 0 Å². The minimum atomic E-state index is -0.179. The number of allylic oxidation sites excluding steroid dienone is 2. The van der Waals surface area contributed by atoms with Crippen LogP contribution in [0.25, 0.3) is 0 Å². The van der Waals surface area contributed by atoms with Gasteiger partial charge in [0, 0.05) is 35.1 Å². The summed E-state index contributed by atoms with van der Waals surface area (Å²) >= 11 is 6.19. The Morgan fingerprint density at radius 1 is 1.04 bits per heavy atom. The average Bonchev–Trinajstić information content (AvgIpc) is 2.60. The summed E-state index contributed by atoms with van der Waals surface area (Å²) in [4.78, 5) is 28.2. The second-order valence-electron chi connectivity index (χ2n) is 8.68. The molecule has 1 atom stereocenters. The van der Waals surface area contributed by atoms with E-state index in [0.717, 1.165) is 28.1 Å². The summed E-state index contributed by atoms with van der Waals surface area (Å²) in [6.45, 7) is 6.21. The summed E-state index contributed by atoms with van der Waals surface area (Å²) in [5, 5.41) is 0.578. The van der Waals surface area contributed by atoms with Crippen molar-refractivity contribution in [3.8, 4) is 0 Å². The van der Waals surface area contributed by atoms with Crippen molar-refractivity contribution in [3.63, 3.8) is 0 Å². The van der Waals surface area contributed by atoms with Gasteiger partial charge in [0.2, 0.25) is 5.91 Å². The number of ketones is 1. The Kier molecular flexibility index (Phi) is 4.67. The van der Waals surface area contributed by atoms with E-state index in [9.17, 15) is 9.59 Å². The van der Waals surface area contributed by atoms with Gasteiger partial charge in [-0.15, -0.1) is 0 Å². The predicted molar refractivity (Wildman–Crippen MR) is 113 cm³/mol. The van der Waals surface area contributed by atoms with Crippen LogP contribution < -0.4 is 4.90 Å². The number of hydrogen-bond donors (Lipinski definition) is 0. The van der Waals surface area contributed by atoms with Gasteiger partial charge in [0.05, 0.1) is 5.69 Å². The Hall–Kier alpha value is -2.39. The van der Waals surface area contributed by atoms with Crippen LogP contribution in [0.15, 0.2) is 59.8 Å². The van der Waals surface area contributed by atoms with Crippen LogP contribution in [0.2, 0.25) is 5.02 Å². The van der Waals surface area contributed by atoms with E-state index in [0.29, 0.717) is 24.3 Å². The van der Waals surface area contributed by atoms with Crippen molar-refractivity contribution in [2.45, 2.75) is 46.0 Å². The number of Topliss-reactive ketones (excluding diaryl/α,β-unsaturated/α-hetero) is 1. The highest BCUT2D eigenvalue weighted by molar-refractivity contribution is 6.31. The first-order valence-electron chi connectivity index (χ1n) is 9.66. The minimum Gasteiger partial charge on any atom is -0.294 e. The van der Waals surface area contributed by atoms with Gasteiger partial charge >= 0.3 is 0 Å². The zero-order valence-electron chi connectivity index (χ0n) is 16.5. The molecule has 0 saturated heterocycles. The summed E-state index contributed by atoms with van der Waals surface area (Å²) in [5.74, 6) is -0.0180. The molecule has 4 rings (SSSR count). The molecule has 0 N–H and O–H groups in total. The summed E-state index contributed by atoms with van der Waals surface area (Å²) in [6, 6.07) is 15.5. The summed E-state index contributed by atoms with van der Waals surface area (Å²) in [6.07, 6.45) is 1.49. The third-order valence-corrected chi connectivity index (χ3v) is 5.92. The average molecular weight is 394 g/mol. The Morgan fingerprint density at radius 2 is 1.75 bits per heavy atom. The quantitative estimate of drug-likeness (QED) is 0.645. The fourth-order valence-corrected chi connectivity index (χ4v) is 4.60. The fourth-order valence-electron chi connectivity index (χ4n) is 4.41. The molecule has 144 valence electrons. The van der Waals surface area contributed by atoms with Crippen LogP contribution in [0.1, 0.15) is 50.2 Å².